The largest absolute Gasteiger partial charge is 0.508 e. The second-order valence-corrected chi connectivity index (χ2v) is 7.96. The SMILES string of the molecule is CC/C(=C(/c1ccc(O)cc1)c1ccc(O[C@](C)(O)C(C)C)cc1)c1ccccc1. The zero-order chi connectivity index (χ0) is 21.7. The summed E-state index contributed by atoms with van der Waals surface area (Å²) in [5, 5.41) is 20.2. The molecule has 3 aromatic rings. The van der Waals surface area contributed by atoms with E-state index in [2.05, 4.69) is 19.1 Å². The number of aromatic hydroxyl groups is 1. The number of ether oxygens (including phenoxy) is 1. The Morgan fingerprint density at radius 2 is 1.37 bits per heavy atom. The summed E-state index contributed by atoms with van der Waals surface area (Å²) in [5.41, 5.74) is 5.61. The second-order valence-electron chi connectivity index (χ2n) is 7.96. The van der Waals surface area contributed by atoms with Crippen LogP contribution in [0.25, 0.3) is 11.1 Å². The summed E-state index contributed by atoms with van der Waals surface area (Å²) in [5.74, 6) is -0.388. The van der Waals surface area contributed by atoms with E-state index in [4.69, 9.17) is 4.74 Å². The maximum Gasteiger partial charge on any atom is 0.207 e. The molecule has 0 heterocycles. The minimum Gasteiger partial charge on any atom is -0.508 e. The van der Waals surface area contributed by atoms with E-state index in [-0.39, 0.29) is 11.7 Å². The van der Waals surface area contributed by atoms with Crippen LogP contribution < -0.4 is 4.74 Å². The molecule has 0 radical (unpaired) electrons. The van der Waals surface area contributed by atoms with Gasteiger partial charge >= 0.3 is 0 Å². The van der Waals surface area contributed by atoms with Crippen LogP contribution in [0.4, 0.5) is 0 Å². The van der Waals surface area contributed by atoms with Gasteiger partial charge in [-0.2, -0.15) is 0 Å². The van der Waals surface area contributed by atoms with Crippen molar-refractivity contribution in [2.24, 2.45) is 5.92 Å². The van der Waals surface area contributed by atoms with Crippen LogP contribution in [0.3, 0.4) is 0 Å². The Hall–Kier alpha value is -3.04. The van der Waals surface area contributed by atoms with E-state index in [0.717, 1.165) is 23.1 Å². The minimum absolute atomic E-state index is 0.0330. The fraction of sp³-hybridized carbons (Fsp3) is 0.259. The summed E-state index contributed by atoms with van der Waals surface area (Å²) >= 11 is 0. The van der Waals surface area contributed by atoms with Crippen molar-refractivity contribution in [2.75, 3.05) is 0 Å². The van der Waals surface area contributed by atoms with E-state index in [1.165, 1.54) is 11.1 Å². The average molecular weight is 403 g/mol. The van der Waals surface area contributed by atoms with Crippen molar-refractivity contribution in [1.29, 1.82) is 0 Å². The highest BCUT2D eigenvalue weighted by molar-refractivity contribution is 5.98. The molecular weight excluding hydrogens is 372 g/mol. The van der Waals surface area contributed by atoms with Crippen LogP contribution in [0.15, 0.2) is 78.9 Å². The van der Waals surface area contributed by atoms with Crippen molar-refractivity contribution in [3.63, 3.8) is 0 Å². The van der Waals surface area contributed by atoms with Crippen molar-refractivity contribution >= 4 is 11.1 Å². The summed E-state index contributed by atoms with van der Waals surface area (Å²) in [6, 6.07) is 25.5. The van der Waals surface area contributed by atoms with Gasteiger partial charge in [-0.1, -0.05) is 75.4 Å². The summed E-state index contributed by atoms with van der Waals surface area (Å²) in [6.07, 6.45) is 0.862. The fourth-order valence-electron chi connectivity index (χ4n) is 3.35. The van der Waals surface area contributed by atoms with Gasteiger partial charge in [0.15, 0.2) is 0 Å². The van der Waals surface area contributed by atoms with Gasteiger partial charge < -0.3 is 14.9 Å². The number of hydrogen-bond donors (Lipinski definition) is 2. The number of rotatable bonds is 7. The van der Waals surface area contributed by atoms with Crippen LogP contribution >= 0.6 is 0 Å². The van der Waals surface area contributed by atoms with Gasteiger partial charge in [-0.05, 0) is 58.5 Å². The van der Waals surface area contributed by atoms with Gasteiger partial charge in [0.05, 0.1) is 0 Å². The van der Waals surface area contributed by atoms with Crippen LogP contribution in [0.5, 0.6) is 11.5 Å². The molecule has 3 rings (SSSR count). The Morgan fingerprint density at radius 1 is 0.833 bits per heavy atom. The lowest BCUT2D eigenvalue weighted by atomic mass is 9.88. The zero-order valence-corrected chi connectivity index (χ0v) is 18.1. The first-order valence-corrected chi connectivity index (χ1v) is 10.4. The lowest BCUT2D eigenvalue weighted by Crippen LogP contribution is -2.37. The molecule has 3 heteroatoms. The molecule has 0 aliphatic carbocycles. The maximum atomic E-state index is 10.4. The third-order valence-corrected chi connectivity index (χ3v) is 5.47. The van der Waals surface area contributed by atoms with Crippen LogP contribution in [0.1, 0.15) is 50.8 Å². The first-order valence-electron chi connectivity index (χ1n) is 10.4. The molecular formula is C27H30O3. The van der Waals surface area contributed by atoms with Crippen molar-refractivity contribution in [3.8, 4) is 11.5 Å². The Labute approximate surface area is 179 Å². The maximum absolute atomic E-state index is 10.4. The van der Waals surface area contributed by atoms with Gasteiger partial charge in [0.2, 0.25) is 5.79 Å². The molecule has 0 aromatic heterocycles. The molecule has 0 bridgehead atoms. The fourth-order valence-corrected chi connectivity index (χ4v) is 3.35. The lowest BCUT2D eigenvalue weighted by molar-refractivity contribution is -0.154. The van der Waals surface area contributed by atoms with E-state index in [9.17, 15) is 10.2 Å². The zero-order valence-electron chi connectivity index (χ0n) is 18.1. The van der Waals surface area contributed by atoms with E-state index in [1.54, 1.807) is 19.1 Å². The molecule has 156 valence electrons. The van der Waals surface area contributed by atoms with Crippen molar-refractivity contribution in [2.45, 2.75) is 39.9 Å². The van der Waals surface area contributed by atoms with Crippen LogP contribution in [0, 0.1) is 5.92 Å². The number of aliphatic hydroxyl groups is 1. The van der Waals surface area contributed by atoms with Gasteiger partial charge in [-0.15, -0.1) is 0 Å². The van der Waals surface area contributed by atoms with Crippen molar-refractivity contribution in [3.05, 3.63) is 95.6 Å². The molecule has 0 amide bonds. The highest BCUT2D eigenvalue weighted by atomic mass is 16.6. The third-order valence-electron chi connectivity index (χ3n) is 5.47. The molecule has 0 saturated carbocycles. The molecule has 0 aliphatic heterocycles. The molecule has 2 N–H and O–H groups in total. The van der Waals surface area contributed by atoms with Crippen LogP contribution in [-0.2, 0) is 0 Å². The first kappa shape index (κ1) is 21.7. The summed E-state index contributed by atoms with van der Waals surface area (Å²) in [4.78, 5) is 0. The topological polar surface area (TPSA) is 49.7 Å². The molecule has 0 spiro atoms. The van der Waals surface area contributed by atoms with Gasteiger partial charge in [-0.25, -0.2) is 0 Å². The highest BCUT2D eigenvalue weighted by Crippen LogP contribution is 2.36. The quantitative estimate of drug-likeness (QED) is 0.350. The number of benzene rings is 3. The van der Waals surface area contributed by atoms with Crippen molar-refractivity contribution < 1.29 is 14.9 Å². The molecule has 30 heavy (non-hydrogen) atoms. The van der Waals surface area contributed by atoms with Crippen molar-refractivity contribution in [1.82, 2.24) is 0 Å². The normalized spacial score (nSPS) is 14.2. The van der Waals surface area contributed by atoms with E-state index < -0.39 is 5.79 Å². The summed E-state index contributed by atoms with van der Waals surface area (Å²) < 4.78 is 5.80. The molecule has 0 unspecified atom stereocenters. The molecule has 0 aliphatic rings. The standard InChI is InChI=1S/C27H30O3/c1-5-25(20-9-7-6-8-10-20)26(21-11-15-23(28)16-12-21)22-13-17-24(18-14-22)30-27(4,29)19(2)3/h6-19,28-29H,5H2,1-4H3/b26-25+/t27-/m0/s1. The summed E-state index contributed by atoms with van der Waals surface area (Å²) in [7, 11) is 0. The molecule has 3 nitrogen and oxygen atoms in total. The predicted molar refractivity (Wildman–Crippen MR) is 123 cm³/mol. The number of phenolic OH excluding ortho intramolecular Hbond substituents is 1. The Balaban J connectivity index is 2.09. The molecule has 1 atom stereocenters. The lowest BCUT2D eigenvalue weighted by Gasteiger charge is -2.28. The van der Waals surface area contributed by atoms with Crippen LogP contribution in [-0.4, -0.2) is 16.0 Å². The van der Waals surface area contributed by atoms with E-state index in [1.807, 2.05) is 68.4 Å². The molecule has 0 fully saturated rings. The number of allylic oxidation sites excluding steroid dienone is 1. The van der Waals surface area contributed by atoms with Gasteiger partial charge in [-0.3, -0.25) is 0 Å². The van der Waals surface area contributed by atoms with Gasteiger partial charge in [0.25, 0.3) is 0 Å². The van der Waals surface area contributed by atoms with E-state index in [0.29, 0.717) is 5.75 Å². The van der Waals surface area contributed by atoms with Gasteiger partial charge in [0.1, 0.15) is 11.5 Å². The Bertz CT molecular complexity index is 983. The van der Waals surface area contributed by atoms with Crippen LogP contribution in [0.2, 0.25) is 0 Å². The third kappa shape index (κ3) is 4.92. The summed E-state index contributed by atoms with van der Waals surface area (Å²) in [6.45, 7) is 7.68. The predicted octanol–water partition coefficient (Wildman–Crippen LogP) is 6.50. The minimum atomic E-state index is -1.23. The highest BCUT2D eigenvalue weighted by Gasteiger charge is 2.27. The number of hydrogen-bond acceptors (Lipinski definition) is 3. The molecule has 3 aromatic carbocycles. The first-order chi connectivity index (χ1) is 14.3. The Kier molecular flexibility index (Phi) is 6.63. The monoisotopic (exact) mass is 402 g/mol. The number of phenols is 1. The van der Waals surface area contributed by atoms with Gasteiger partial charge in [0, 0.05) is 12.8 Å². The average Bonchev–Trinajstić information content (AvgIpc) is 2.74. The molecule has 0 saturated heterocycles. The van der Waals surface area contributed by atoms with E-state index >= 15 is 0 Å². The smallest absolute Gasteiger partial charge is 0.207 e. The second kappa shape index (κ2) is 9.19. The Morgan fingerprint density at radius 3 is 1.87 bits per heavy atom.